The zero-order valence-corrected chi connectivity index (χ0v) is 18.1. The molecule has 4 rings (SSSR count). The zero-order chi connectivity index (χ0) is 20.6. The maximum atomic E-state index is 13.0. The van der Waals surface area contributed by atoms with Gasteiger partial charge in [0.05, 0.1) is 12.7 Å². The van der Waals surface area contributed by atoms with Crippen LogP contribution in [0.1, 0.15) is 51.5 Å². The smallest absolute Gasteiger partial charge is 0.223 e. The van der Waals surface area contributed by atoms with E-state index in [9.17, 15) is 9.90 Å². The van der Waals surface area contributed by atoms with Crippen molar-refractivity contribution in [2.24, 2.45) is 11.8 Å². The number of hydrogen-bond donors (Lipinski definition) is 1. The first-order valence-corrected chi connectivity index (χ1v) is 11.2. The summed E-state index contributed by atoms with van der Waals surface area (Å²) in [6.07, 6.45) is 5.78. The van der Waals surface area contributed by atoms with Crippen molar-refractivity contribution < 1.29 is 14.6 Å². The second-order valence-corrected chi connectivity index (χ2v) is 9.96. The summed E-state index contributed by atoms with van der Waals surface area (Å²) in [4.78, 5) is 17.8. The molecule has 1 N–H and O–H groups in total. The summed E-state index contributed by atoms with van der Waals surface area (Å²) in [7, 11) is 1.70. The standard InChI is InChI=1S/C24H36N2O3/c1-24(2,28)10-11-25-15-18-14-19(16-25)22(26-21(18)8-5-9-23(26)27)13-17-6-4-7-20(12-17)29-3/h4,6-7,12,18-19,21-22,28H,5,8-11,13-16H2,1-3H3/t18-,19+,21+,22+/m1/s1. The van der Waals surface area contributed by atoms with Gasteiger partial charge in [0.1, 0.15) is 5.75 Å². The number of carbonyl (C=O) groups is 1. The van der Waals surface area contributed by atoms with Crippen molar-refractivity contribution in [1.82, 2.24) is 9.80 Å². The molecular weight excluding hydrogens is 364 g/mol. The lowest BCUT2D eigenvalue weighted by Gasteiger charge is -2.57. The summed E-state index contributed by atoms with van der Waals surface area (Å²) in [6.45, 7) is 6.81. The molecule has 1 aromatic carbocycles. The van der Waals surface area contributed by atoms with Crippen LogP contribution in [0, 0.1) is 11.8 Å². The molecule has 160 valence electrons. The zero-order valence-electron chi connectivity index (χ0n) is 18.1. The van der Waals surface area contributed by atoms with E-state index in [1.807, 2.05) is 26.0 Å². The van der Waals surface area contributed by atoms with Crippen LogP contribution >= 0.6 is 0 Å². The summed E-state index contributed by atoms with van der Waals surface area (Å²) >= 11 is 0. The molecule has 0 aromatic heterocycles. The Hall–Kier alpha value is -1.59. The number of likely N-dealkylation sites (tertiary alicyclic amines) is 1. The van der Waals surface area contributed by atoms with Gasteiger partial charge in [0.2, 0.25) is 5.91 Å². The van der Waals surface area contributed by atoms with Crippen molar-refractivity contribution in [3.8, 4) is 5.75 Å². The molecule has 29 heavy (non-hydrogen) atoms. The Bertz CT molecular complexity index is 729. The molecule has 3 saturated heterocycles. The highest BCUT2D eigenvalue weighted by Crippen LogP contribution is 2.42. The highest BCUT2D eigenvalue weighted by atomic mass is 16.5. The molecule has 0 saturated carbocycles. The van der Waals surface area contributed by atoms with Gasteiger partial charge in [0, 0.05) is 38.1 Å². The van der Waals surface area contributed by atoms with Crippen LogP contribution in [0.4, 0.5) is 0 Å². The number of fused-ring (bicyclic) bond motifs is 4. The van der Waals surface area contributed by atoms with Crippen LogP contribution < -0.4 is 4.74 Å². The molecule has 5 heteroatoms. The third-order valence-electron chi connectivity index (χ3n) is 7.19. The van der Waals surface area contributed by atoms with E-state index in [-0.39, 0.29) is 6.04 Å². The first-order chi connectivity index (χ1) is 13.8. The van der Waals surface area contributed by atoms with E-state index in [0.29, 0.717) is 30.2 Å². The number of ether oxygens (including phenoxy) is 1. The van der Waals surface area contributed by atoms with Crippen molar-refractivity contribution in [3.63, 3.8) is 0 Å². The van der Waals surface area contributed by atoms with E-state index in [1.165, 1.54) is 12.0 Å². The molecule has 3 heterocycles. The van der Waals surface area contributed by atoms with Gasteiger partial charge in [-0.1, -0.05) is 12.1 Å². The fourth-order valence-corrected chi connectivity index (χ4v) is 5.79. The van der Waals surface area contributed by atoms with Crippen LogP contribution in [0.15, 0.2) is 24.3 Å². The van der Waals surface area contributed by atoms with Crippen molar-refractivity contribution in [1.29, 1.82) is 0 Å². The quantitative estimate of drug-likeness (QED) is 0.797. The number of carbonyl (C=O) groups excluding carboxylic acids is 1. The Balaban J connectivity index is 1.56. The minimum Gasteiger partial charge on any atom is -0.497 e. The monoisotopic (exact) mass is 400 g/mol. The summed E-state index contributed by atoms with van der Waals surface area (Å²) in [5, 5.41) is 10.2. The summed E-state index contributed by atoms with van der Waals surface area (Å²) in [5.41, 5.74) is 0.623. The summed E-state index contributed by atoms with van der Waals surface area (Å²) in [5.74, 6) is 2.31. The fourth-order valence-electron chi connectivity index (χ4n) is 5.79. The van der Waals surface area contributed by atoms with Gasteiger partial charge in [-0.15, -0.1) is 0 Å². The first-order valence-electron chi connectivity index (χ1n) is 11.2. The second-order valence-electron chi connectivity index (χ2n) is 9.96. The van der Waals surface area contributed by atoms with Crippen molar-refractivity contribution in [3.05, 3.63) is 29.8 Å². The maximum absolute atomic E-state index is 13.0. The van der Waals surface area contributed by atoms with Gasteiger partial charge in [-0.3, -0.25) is 4.79 Å². The molecule has 1 amide bonds. The molecule has 0 unspecified atom stereocenters. The summed E-state index contributed by atoms with van der Waals surface area (Å²) < 4.78 is 5.42. The molecule has 0 radical (unpaired) electrons. The predicted molar refractivity (Wildman–Crippen MR) is 114 cm³/mol. The van der Waals surface area contributed by atoms with E-state index in [4.69, 9.17) is 4.74 Å². The molecule has 3 fully saturated rings. The highest BCUT2D eigenvalue weighted by Gasteiger charge is 2.49. The number of benzene rings is 1. The number of aliphatic hydroxyl groups is 1. The average Bonchev–Trinajstić information content (AvgIpc) is 2.69. The van der Waals surface area contributed by atoms with Gasteiger partial charge in [0.15, 0.2) is 0 Å². The number of methoxy groups -OCH3 is 1. The molecule has 1 aromatic rings. The SMILES string of the molecule is COc1cccc(C[C@H]2[C@H]3C[C@H](CN(CCC(C)(C)O)C3)[C@@H]3CCCC(=O)N32)c1. The molecule has 3 aliphatic heterocycles. The van der Waals surface area contributed by atoms with Crippen molar-refractivity contribution in [2.45, 2.75) is 70.1 Å². The Kier molecular flexibility index (Phi) is 5.90. The van der Waals surface area contributed by atoms with Gasteiger partial charge in [0.25, 0.3) is 0 Å². The van der Waals surface area contributed by atoms with Crippen LogP contribution in [0.25, 0.3) is 0 Å². The van der Waals surface area contributed by atoms with Crippen LogP contribution in [-0.2, 0) is 11.2 Å². The Morgan fingerprint density at radius 3 is 2.79 bits per heavy atom. The lowest BCUT2D eigenvalue weighted by atomic mass is 9.70. The first kappa shape index (κ1) is 20.7. The van der Waals surface area contributed by atoms with Crippen molar-refractivity contribution >= 4 is 5.91 Å². The van der Waals surface area contributed by atoms with E-state index >= 15 is 0 Å². The topological polar surface area (TPSA) is 53.0 Å². The van der Waals surface area contributed by atoms with Crippen LogP contribution in [0.5, 0.6) is 5.75 Å². The Morgan fingerprint density at radius 1 is 1.24 bits per heavy atom. The fraction of sp³-hybridized carbons (Fsp3) is 0.708. The molecule has 0 aliphatic carbocycles. The van der Waals surface area contributed by atoms with Gasteiger partial charge in [-0.2, -0.15) is 0 Å². The number of nitrogens with zero attached hydrogens (tertiary/aromatic N) is 2. The van der Waals surface area contributed by atoms with Crippen LogP contribution in [0.3, 0.4) is 0 Å². The Labute approximate surface area is 175 Å². The number of amides is 1. The lowest BCUT2D eigenvalue weighted by molar-refractivity contribution is -0.152. The van der Waals surface area contributed by atoms with Crippen LogP contribution in [0.2, 0.25) is 0 Å². The predicted octanol–water partition coefficient (Wildman–Crippen LogP) is 3.10. The van der Waals surface area contributed by atoms with E-state index in [2.05, 4.69) is 21.9 Å². The van der Waals surface area contributed by atoms with Gasteiger partial charge in [-0.05, 0) is 75.5 Å². The largest absolute Gasteiger partial charge is 0.497 e. The maximum Gasteiger partial charge on any atom is 0.223 e. The molecular formula is C24H36N2O3. The minimum absolute atomic E-state index is 0.265. The highest BCUT2D eigenvalue weighted by molar-refractivity contribution is 5.78. The molecule has 3 aliphatic rings. The molecule has 5 nitrogen and oxygen atoms in total. The second kappa shape index (κ2) is 8.27. The van der Waals surface area contributed by atoms with Crippen LogP contribution in [-0.4, -0.2) is 65.2 Å². The summed E-state index contributed by atoms with van der Waals surface area (Å²) in [6, 6.07) is 8.95. The number of hydrogen-bond acceptors (Lipinski definition) is 4. The third-order valence-corrected chi connectivity index (χ3v) is 7.19. The lowest BCUT2D eigenvalue weighted by Crippen LogP contribution is -2.65. The normalized spacial score (nSPS) is 30.2. The van der Waals surface area contributed by atoms with Gasteiger partial charge in [-0.25, -0.2) is 0 Å². The van der Waals surface area contributed by atoms with Gasteiger partial charge >= 0.3 is 0 Å². The number of rotatable bonds is 6. The van der Waals surface area contributed by atoms with Crippen molar-refractivity contribution in [2.75, 3.05) is 26.7 Å². The van der Waals surface area contributed by atoms with Gasteiger partial charge < -0.3 is 19.6 Å². The molecule has 4 atom stereocenters. The molecule has 2 bridgehead atoms. The van der Waals surface area contributed by atoms with E-state index in [1.54, 1.807) is 7.11 Å². The van der Waals surface area contributed by atoms with E-state index < -0.39 is 5.60 Å². The average molecular weight is 401 g/mol. The number of piperidine rings is 3. The minimum atomic E-state index is -0.626. The Morgan fingerprint density at radius 2 is 2.03 bits per heavy atom. The molecule has 0 spiro atoms. The third kappa shape index (κ3) is 4.61. The van der Waals surface area contributed by atoms with E-state index in [0.717, 1.165) is 51.1 Å².